The van der Waals surface area contributed by atoms with Gasteiger partial charge in [-0.2, -0.15) is 8.42 Å². The zero-order chi connectivity index (χ0) is 16.9. The third-order valence-corrected chi connectivity index (χ3v) is 4.10. The van der Waals surface area contributed by atoms with Crippen LogP contribution in [0.1, 0.15) is 44.9 Å². The van der Waals surface area contributed by atoms with Crippen molar-refractivity contribution in [1.29, 1.82) is 0 Å². The molecule has 0 aliphatic carbocycles. The molecule has 0 aromatic carbocycles. The van der Waals surface area contributed by atoms with E-state index in [-0.39, 0.29) is 20.3 Å². The predicted octanol–water partition coefficient (Wildman–Crippen LogP) is 1.94. The summed E-state index contributed by atoms with van der Waals surface area (Å²) in [6, 6.07) is 3.41. The number of aliphatic hydroxyl groups is 1. The summed E-state index contributed by atoms with van der Waals surface area (Å²) >= 11 is 0. The Labute approximate surface area is 144 Å². The number of hydrogen-bond acceptors (Lipinski definition) is 7. The van der Waals surface area contributed by atoms with Gasteiger partial charge in [0.1, 0.15) is 5.60 Å². The largest absolute Gasteiger partial charge is 0.383 e. The Morgan fingerprint density at radius 2 is 2.17 bits per heavy atom. The van der Waals surface area contributed by atoms with Gasteiger partial charge in [0.25, 0.3) is 10.1 Å². The minimum Gasteiger partial charge on any atom is -0.383 e. The molecule has 1 saturated heterocycles. The van der Waals surface area contributed by atoms with Crippen molar-refractivity contribution in [3.8, 4) is 0 Å². The van der Waals surface area contributed by atoms with Crippen molar-refractivity contribution in [2.45, 2.75) is 52.1 Å². The second kappa shape index (κ2) is 8.87. The molecule has 1 fully saturated rings. The predicted molar refractivity (Wildman–Crippen MR) is 89.7 cm³/mol. The van der Waals surface area contributed by atoms with Crippen molar-refractivity contribution in [2.75, 3.05) is 19.5 Å². The molecule has 24 heavy (non-hydrogen) atoms. The maximum atomic E-state index is 11.0. The summed E-state index contributed by atoms with van der Waals surface area (Å²) in [7, 11) is -3.61. The van der Waals surface area contributed by atoms with E-state index < -0.39 is 15.7 Å². The number of nitrogens with zero attached hydrogens (tertiary/aromatic N) is 1. The Kier molecular flexibility index (Phi) is 7.75. The molecule has 138 valence electrons. The molecule has 1 aliphatic rings. The van der Waals surface area contributed by atoms with E-state index in [1.807, 2.05) is 0 Å². The number of hydrogen-bond donors (Lipinski definition) is 1. The van der Waals surface area contributed by atoms with Crippen LogP contribution >= 0.6 is 0 Å². The van der Waals surface area contributed by atoms with Crippen molar-refractivity contribution in [1.82, 2.24) is 4.98 Å². The van der Waals surface area contributed by atoms with Crippen LogP contribution in [0.15, 0.2) is 18.3 Å². The van der Waals surface area contributed by atoms with Crippen LogP contribution in [0.25, 0.3) is 0 Å². The molecule has 0 bridgehead atoms. The summed E-state index contributed by atoms with van der Waals surface area (Å²) in [5, 5.41) is 10.3. The Morgan fingerprint density at radius 3 is 2.71 bits per heavy atom. The summed E-state index contributed by atoms with van der Waals surface area (Å²) in [6.45, 7) is 2.16. The van der Waals surface area contributed by atoms with Gasteiger partial charge in [0.15, 0.2) is 6.29 Å². The van der Waals surface area contributed by atoms with Gasteiger partial charge in [-0.1, -0.05) is 13.5 Å². The fourth-order valence-corrected chi connectivity index (χ4v) is 2.60. The lowest BCUT2D eigenvalue weighted by Crippen LogP contribution is -2.29. The summed E-state index contributed by atoms with van der Waals surface area (Å²) in [6.07, 6.45) is 5.30. The van der Waals surface area contributed by atoms with Gasteiger partial charge in [0.2, 0.25) is 0 Å². The molecule has 1 unspecified atom stereocenters. The minimum atomic E-state index is -3.61. The van der Waals surface area contributed by atoms with E-state index in [2.05, 4.69) is 9.17 Å². The molecule has 1 aromatic rings. The van der Waals surface area contributed by atoms with Gasteiger partial charge in [-0.25, -0.2) is 0 Å². The molecule has 7 nitrogen and oxygen atoms in total. The first kappa shape index (κ1) is 21.0. The maximum Gasteiger partial charge on any atom is 0.264 e. The van der Waals surface area contributed by atoms with Crippen LogP contribution in [0.5, 0.6) is 0 Å². The van der Waals surface area contributed by atoms with Crippen molar-refractivity contribution in [2.24, 2.45) is 0 Å². The van der Waals surface area contributed by atoms with E-state index >= 15 is 0 Å². The van der Waals surface area contributed by atoms with Crippen LogP contribution in [-0.4, -0.2) is 44.3 Å². The van der Waals surface area contributed by atoms with Crippen molar-refractivity contribution < 1.29 is 27.2 Å². The second-order valence-corrected chi connectivity index (χ2v) is 7.53. The smallest absolute Gasteiger partial charge is 0.264 e. The summed E-state index contributed by atoms with van der Waals surface area (Å²) < 4.78 is 37.8. The van der Waals surface area contributed by atoms with Gasteiger partial charge in [-0.05, 0) is 32.3 Å². The van der Waals surface area contributed by atoms with Gasteiger partial charge in [-0.3, -0.25) is 9.17 Å². The molecule has 1 aromatic heterocycles. The van der Waals surface area contributed by atoms with E-state index in [9.17, 15) is 13.5 Å². The van der Waals surface area contributed by atoms with Crippen LogP contribution in [0.2, 0.25) is 0 Å². The zero-order valence-corrected chi connectivity index (χ0v) is 14.2. The fourth-order valence-electron chi connectivity index (χ4n) is 2.15. The van der Waals surface area contributed by atoms with Gasteiger partial charge in [0, 0.05) is 18.4 Å². The fraction of sp³-hybridized carbons (Fsp3) is 0.688. The topological polar surface area (TPSA) is 95.0 Å². The average molecular weight is 361 g/mol. The number of aromatic nitrogens is 1. The standard InChI is InChI=1S/C15H23NO6S.CH4/c1-15(17,11-22-23(2,18)19)12-6-7-13(16-9-12)10-21-14-5-3-4-8-20-14;/h6-7,9,14,17H,3-5,8,10-11H2,1-2H3;1H4/t14?,15-;/m1./s1. The third kappa shape index (κ3) is 6.82. The van der Waals surface area contributed by atoms with E-state index in [1.165, 1.54) is 13.1 Å². The first-order chi connectivity index (χ1) is 10.8. The Balaban J connectivity index is 0.00000288. The molecule has 2 heterocycles. The lowest BCUT2D eigenvalue weighted by atomic mass is 9.99. The molecule has 0 spiro atoms. The summed E-state index contributed by atoms with van der Waals surface area (Å²) in [5.41, 5.74) is -0.261. The highest BCUT2D eigenvalue weighted by Gasteiger charge is 2.26. The Morgan fingerprint density at radius 1 is 1.42 bits per heavy atom. The molecule has 2 rings (SSSR count). The molecule has 1 N–H and O–H groups in total. The molecule has 0 radical (unpaired) electrons. The number of rotatable bonds is 7. The molecule has 0 saturated carbocycles. The van der Waals surface area contributed by atoms with Gasteiger partial charge < -0.3 is 14.6 Å². The van der Waals surface area contributed by atoms with Gasteiger partial charge in [0.05, 0.1) is 25.2 Å². The van der Waals surface area contributed by atoms with Crippen molar-refractivity contribution in [3.63, 3.8) is 0 Å². The molecular weight excluding hydrogens is 334 g/mol. The summed E-state index contributed by atoms with van der Waals surface area (Å²) in [5.74, 6) is 0. The Bertz CT molecular complexity index is 593. The van der Waals surface area contributed by atoms with Crippen molar-refractivity contribution >= 4 is 10.1 Å². The van der Waals surface area contributed by atoms with Crippen LogP contribution in [0.4, 0.5) is 0 Å². The van der Waals surface area contributed by atoms with E-state index in [0.29, 0.717) is 17.9 Å². The van der Waals surface area contributed by atoms with Crippen LogP contribution in [0, 0.1) is 0 Å². The van der Waals surface area contributed by atoms with Gasteiger partial charge >= 0.3 is 0 Å². The van der Waals surface area contributed by atoms with Crippen LogP contribution in [-0.2, 0) is 36.0 Å². The van der Waals surface area contributed by atoms with E-state index in [1.54, 1.807) is 12.1 Å². The normalized spacial score (nSPS) is 20.9. The second-order valence-electron chi connectivity index (χ2n) is 5.89. The Hall–Kier alpha value is -1.06. The third-order valence-electron chi connectivity index (χ3n) is 3.56. The molecular formula is C16H27NO6S. The first-order valence-corrected chi connectivity index (χ1v) is 9.33. The quantitative estimate of drug-likeness (QED) is 0.742. The van der Waals surface area contributed by atoms with Crippen LogP contribution < -0.4 is 0 Å². The SMILES string of the molecule is C.C[C@@](O)(COS(C)(=O)=O)c1ccc(COC2CCCCO2)nc1. The molecule has 2 atom stereocenters. The van der Waals surface area contributed by atoms with Gasteiger partial charge in [-0.15, -0.1) is 0 Å². The lowest BCUT2D eigenvalue weighted by Gasteiger charge is -2.23. The van der Waals surface area contributed by atoms with Crippen molar-refractivity contribution in [3.05, 3.63) is 29.6 Å². The molecule has 0 amide bonds. The van der Waals surface area contributed by atoms with Crippen LogP contribution in [0.3, 0.4) is 0 Å². The lowest BCUT2D eigenvalue weighted by molar-refractivity contribution is -0.169. The zero-order valence-electron chi connectivity index (χ0n) is 13.4. The van der Waals surface area contributed by atoms with E-state index in [4.69, 9.17) is 9.47 Å². The van der Waals surface area contributed by atoms with E-state index in [0.717, 1.165) is 32.1 Å². The number of ether oxygens (including phenoxy) is 2. The number of pyridine rings is 1. The highest BCUT2D eigenvalue weighted by molar-refractivity contribution is 7.85. The maximum absolute atomic E-state index is 11.0. The molecule has 1 aliphatic heterocycles. The molecule has 8 heteroatoms. The monoisotopic (exact) mass is 361 g/mol. The minimum absolute atomic E-state index is 0. The average Bonchev–Trinajstić information content (AvgIpc) is 2.52. The first-order valence-electron chi connectivity index (χ1n) is 7.52. The summed E-state index contributed by atoms with van der Waals surface area (Å²) in [4.78, 5) is 4.23. The highest BCUT2D eigenvalue weighted by atomic mass is 32.2. The highest BCUT2D eigenvalue weighted by Crippen LogP contribution is 2.21.